The van der Waals surface area contributed by atoms with E-state index in [1.165, 1.54) is 17.5 Å². The van der Waals surface area contributed by atoms with Crippen molar-refractivity contribution in [2.24, 2.45) is 5.92 Å². The molecule has 0 saturated heterocycles. The zero-order valence-corrected chi connectivity index (χ0v) is 12.5. The van der Waals surface area contributed by atoms with Crippen molar-refractivity contribution in [1.29, 1.82) is 0 Å². The van der Waals surface area contributed by atoms with Gasteiger partial charge >= 0.3 is 0 Å². The number of hydrogen-bond acceptors (Lipinski definition) is 0. The fourth-order valence-corrected chi connectivity index (χ4v) is 2.30. The quantitative estimate of drug-likeness (QED) is 0.597. The van der Waals surface area contributed by atoms with Crippen molar-refractivity contribution < 1.29 is 0 Å². The van der Waals surface area contributed by atoms with Gasteiger partial charge in [-0.15, -0.1) is 0 Å². The minimum Gasteiger partial charge on any atom is -0.0842 e. The average molecular weight is 280 g/mol. The van der Waals surface area contributed by atoms with Gasteiger partial charge in [0.15, 0.2) is 0 Å². The molecule has 0 aromatic heterocycles. The van der Waals surface area contributed by atoms with Gasteiger partial charge in [-0.25, -0.2) is 0 Å². The topological polar surface area (TPSA) is 0 Å². The first-order chi connectivity index (χ1) is 9.81. The molecule has 0 N–H and O–H groups in total. The summed E-state index contributed by atoms with van der Waals surface area (Å²) in [5.41, 5.74) is 2.80. The highest BCUT2D eigenvalue weighted by molar-refractivity contribution is 5.48. The van der Waals surface area contributed by atoms with E-state index in [-0.39, 0.29) is 7.43 Å². The highest BCUT2D eigenvalue weighted by atomic mass is 14.4. The van der Waals surface area contributed by atoms with E-state index in [4.69, 9.17) is 0 Å². The molecule has 0 heterocycles. The molecule has 2 unspecified atom stereocenters. The van der Waals surface area contributed by atoms with E-state index < -0.39 is 0 Å². The first-order valence-electron chi connectivity index (χ1n) is 7.57. The molecule has 1 aliphatic carbocycles. The largest absolute Gasteiger partial charge is 0.0842 e. The third-order valence-corrected chi connectivity index (χ3v) is 3.68. The van der Waals surface area contributed by atoms with Gasteiger partial charge in [0.25, 0.3) is 0 Å². The lowest BCUT2D eigenvalue weighted by Crippen LogP contribution is -1.77. The molecule has 21 heavy (non-hydrogen) atoms. The molecule has 2 aromatic carbocycles. The fourth-order valence-electron chi connectivity index (χ4n) is 2.30. The third-order valence-electron chi connectivity index (χ3n) is 3.68. The summed E-state index contributed by atoms with van der Waals surface area (Å²) < 4.78 is 0. The Labute approximate surface area is 130 Å². The summed E-state index contributed by atoms with van der Waals surface area (Å²) in [6.07, 6.45) is 6.80. The Balaban J connectivity index is 0.000000200. The summed E-state index contributed by atoms with van der Waals surface area (Å²) in [7, 11) is 0. The molecule has 1 aliphatic rings. The molecule has 3 rings (SSSR count). The summed E-state index contributed by atoms with van der Waals surface area (Å²) in [5, 5.41) is 0. The standard InChI is InChI=1S/2C10H12.CH4/c1-8-7-10(8)9-5-3-2-4-6-9;1-2-3-7-10-8-5-4-6-9-10;/h2-6,8,10H,7H2,1H3;3-9H,2H2,1H3;1H4/b;7-3+;. The summed E-state index contributed by atoms with van der Waals surface area (Å²) in [4.78, 5) is 0. The maximum absolute atomic E-state index is 2.32. The Hall–Kier alpha value is -1.82. The van der Waals surface area contributed by atoms with E-state index in [0.717, 1.165) is 18.3 Å². The van der Waals surface area contributed by atoms with Crippen LogP contribution in [0.15, 0.2) is 66.7 Å². The van der Waals surface area contributed by atoms with Crippen LogP contribution in [-0.2, 0) is 0 Å². The van der Waals surface area contributed by atoms with Crippen molar-refractivity contribution in [1.82, 2.24) is 0 Å². The predicted octanol–water partition coefficient (Wildman–Crippen LogP) is 6.56. The van der Waals surface area contributed by atoms with Crippen molar-refractivity contribution in [2.75, 3.05) is 0 Å². The second-order valence-electron chi connectivity index (χ2n) is 5.45. The zero-order chi connectivity index (χ0) is 14.2. The van der Waals surface area contributed by atoms with Gasteiger partial charge in [-0.3, -0.25) is 0 Å². The monoisotopic (exact) mass is 280 g/mol. The van der Waals surface area contributed by atoms with E-state index in [0.29, 0.717) is 0 Å². The van der Waals surface area contributed by atoms with Crippen molar-refractivity contribution in [3.8, 4) is 0 Å². The van der Waals surface area contributed by atoms with Gasteiger partial charge in [-0.1, -0.05) is 94.1 Å². The van der Waals surface area contributed by atoms with Crippen LogP contribution < -0.4 is 0 Å². The molecule has 112 valence electrons. The van der Waals surface area contributed by atoms with Crippen molar-refractivity contribution >= 4 is 6.08 Å². The summed E-state index contributed by atoms with van der Waals surface area (Å²) in [5.74, 6) is 1.81. The number of rotatable bonds is 3. The lowest BCUT2D eigenvalue weighted by atomic mass is 10.1. The Morgan fingerprint density at radius 1 is 0.952 bits per heavy atom. The molecule has 2 atom stereocenters. The maximum Gasteiger partial charge on any atom is -0.0133 e. The summed E-state index contributed by atoms with van der Waals surface area (Å²) in [6, 6.07) is 21.1. The van der Waals surface area contributed by atoms with Gasteiger partial charge < -0.3 is 0 Å². The predicted molar refractivity (Wildman–Crippen MR) is 95.5 cm³/mol. The van der Waals surface area contributed by atoms with Gasteiger partial charge in [0.2, 0.25) is 0 Å². The third kappa shape index (κ3) is 5.99. The van der Waals surface area contributed by atoms with Gasteiger partial charge in [0, 0.05) is 0 Å². The maximum atomic E-state index is 2.32. The fraction of sp³-hybridized carbons (Fsp3) is 0.333. The normalized spacial score (nSPS) is 19.3. The molecule has 2 aromatic rings. The molecular formula is C21H28. The zero-order valence-electron chi connectivity index (χ0n) is 12.5. The van der Waals surface area contributed by atoms with E-state index in [1.54, 1.807) is 0 Å². The first-order valence-corrected chi connectivity index (χ1v) is 7.57. The van der Waals surface area contributed by atoms with Gasteiger partial charge in [0.1, 0.15) is 0 Å². The number of benzene rings is 2. The molecule has 0 bridgehead atoms. The number of allylic oxidation sites excluding steroid dienone is 1. The first kappa shape index (κ1) is 17.2. The highest BCUT2D eigenvalue weighted by Gasteiger charge is 2.33. The number of hydrogen-bond donors (Lipinski definition) is 0. The highest BCUT2D eigenvalue weighted by Crippen LogP contribution is 2.46. The van der Waals surface area contributed by atoms with Crippen LogP contribution in [0.25, 0.3) is 6.08 Å². The average Bonchev–Trinajstić information content (AvgIpc) is 3.25. The minimum atomic E-state index is 0. The molecule has 0 aliphatic heterocycles. The Bertz CT molecular complexity index is 510. The van der Waals surface area contributed by atoms with Gasteiger partial charge in [-0.2, -0.15) is 0 Å². The Morgan fingerprint density at radius 2 is 1.48 bits per heavy atom. The van der Waals surface area contributed by atoms with E-state index in [1.807, 2.05) is 6.07 Å². The smallest absolute Gasteiger partial charge is 0.0133 e. The van der Waals surface area contributed by atoms with Crippen LogP contribution in [0.2, 0.25) is 0 Å². The van der Waals surface area contributed by atoms with Crippen LogP contribution in [0.4, 0.5) is 0 Å². The molecule has 1 fully saturated rings. The lowest BCUT2D eigenvalue weighted by Gasteiger charge is -1.94. The lowest BCUT2D eigenvalue weighted by molar-refractivity contribution is 0.915. The molecule has 0 nitrogen and oxygen atoms in total. The second kappa shape index (κ2) is 9.18. The van der Waals surface area contributed by atoms with Crippen LogP contribution >= 0.6 is 0 Å². The van der Waals surface area contributed by atoms with Crippen molar-refractivity contribution in [2.45, 2.75) is 40.0 Å². The van der Waals surface area contributed by atoms with Crippen LogP contribution in [0, 0.1) is 5.92 Å². The van der Waals surface area contributed by atoms with Gasteiger partial charge in [0.05, 0.1) is 0 Å². The molecular weight excluding hydrogens is 252 g/mol. The summed E-state index contributed by atoms with van der Waals surface area (Å²) >= 11 is 0. The molecule has 0 amide bonds. The molecule has 1 saturated carbocycles. The minimum absolute atomic E-state index is 0. The molecule has 0 heteroatoms. The van der Waals surface area contributed by atoms with Crippen LogP contribution in [0.1, 0.15) is 51.2 Å². The van der Waals surface area contributed by atoms with E-state index in [9.17, 15) is 0 Å². The van der Waals surface area contributed by atoms with E-state index >= 15 is 0 Å². The van der Waals surface area contributed by atoms with E-state index in [2.05, 4.69) is 80.6 Å². The van der Waals surface area contributed by atoms with Crippen molar-refractivity contribution in [3.63, 3.8) is 0 Å². The van der Waals surface area contributed by atoms with Gasteiger partial charge in [-0.05, 0) is 35.8 Å². The van der Waals surface area contributed by atoms with Crippen molar-refractivity contribution in [3.05, 3.63) is 77.9 Å². The Morgan fingerprint density at radius 3 is 1.95 bits per heavy atom. The summed E-state index contributed by atoms with van der Waals surface area (Å²) in [6.45, 7) is 4.46. The van der Waals surface area contributed by atoms with Crippen LogP contribution in [0.5, 0.6) is 0 Å². The van der Waals surface area contributed by atoms with Crippen LogP contribution in [-0.4, -0.2) is 0 Å². The second-order valence-corrected chi connectivity index (χ2v) is 5.45. The molecule has 0 spiro atoms. The SMILES string of the molecule is C.CC/C=C/c1ccccc1.CC1CC1c1ccccc1. The molecule has 0 radical (unpaired) electrons. The van der Waals surface area contributed by atoms with Crippen LogP contribution in [0.3, 0.4) is 0 Å². The Kier molecular flexibility index (Phi) is 7.53.